The van der Waals surface area contributed by atoms with Crippen molar-refractivity contribution in [3.63, 3.8) is 0 Å². The Labute approximate surface area is 82.6 Å². The molecule has 1 aromatic heterocycles. The molecule has 1 aliphatic rings. The first-order valence-electron chi connectivity index (χ1n) is 4.83. The highest BCUT2D eigenvalue weighted by Crippen LogP contribution is 2.39. The molecule has 1 fully saturated rings. The van der Waals surface area contributed by atoms with E-state index < -0.39 is 6.10 Å². The van der Waals surface area contributed by atoms with Gasteiger partial charge in [0.1, 0.15) is 0 Å². The van der Waals surface area contributed by atoms with Crippen LogP contribution >= 0.6 is 11.3 Å². The molecular formula is C10H15NOS. The van der Waals surface area contributed by atoms with E-state index in [1.807, 2.05) is 6.92 Å². The van der Waals surface area contributed by atoms with Gasteiger partial charge in [0.05, 0.1) is 16.8 Å². The van der Waals surface area contributed by atoms with Gasteiger partial charge in [-0.15, -0.1) is 11.3 Å². The third-order valence-electron chi connectivity index (χ3n) is 2.70. The van der Waals surface area contributed by atoms with E-state index in [2.05, 4.69) is 4.98 Å². The Balaban J connectivity index is 2.23. The van der Waals surface area contributed by atoms with E-state index in [1.54, 1.807) is 18.3 Å². The van der Waals surface area contributed by atoms with Gasteiger partial charge < -0.3 is 5.11 Å². The Hall–Kier alpha value is -0.410. The molecule has 2 nitrogen and oxygen atoms in total. The van der Waals surface area contributed by atoms with Gasteiger partial charge in [0, 0.05) is 10.8 Å². The predicted molar refractivity (Wildman–Crippen MR) is 54.1 cm³/mol. The van der Waals surface area contributed by atoms with Gasteiger partial charge in [-0.3, -0.25) is 0 Å². The summed E-state index contributed by atoms with van der Waals surface area (Å²) >= 11 is 1.76. The van der Waals surface area contributed by atoms with Gasteiger partial charge in [0.25, 0.3) is 0 Å². The molecule has 1 saturated carbocycles. The minimum Gasteiger partial charge on any atom is -0.387 e. The van der Waals surface area contributed by atoms with Gasteiger partial charge in [0.2, 0.25) is 0 Å². The first-order valence-corrected chi connectivity index (χ1v) is 5.65. The molecule has 1 heterocycles. The highest BCUT2D eigenvalue weighted by Gasteiger charge is 2.24. The number of aryl methyl sites for hydroxylation is 1. The molecule has 1 aliphatic carbocycles. The van der Waals surface area contributed by atoms with Crippen LogP contribution in [0.5, 0.6) is 0 Å². The topological polar surface area (TPSA) is 33.1 Å². The standard InChI is InChI=1S/C10H15NOS/c1-6(12)9-7(2)13-10(11-9)8-4-3-5-8/h6,8,12H,3-5H2,1-2H3. The van der Waals surface area contributed by atoms with Gasteiger partial charge in [-0.25, -0.2) is 4.98 Å². The zero-order valence-corrected chi connectivity index (χ0v) is 8.90. The Morgan fingerprint density at radius 3 is 2.62 bits per heavy atom. The highest BCUT2D eigenvalue weighted by molar-refractivity contribution is 7.11. The summed E-state index contributed by atoms with van der Waals surface area (Å²) in [5.41, 5.74) is 0.881. The van der Waals surface area contributed by atoms with Crippen LogP contribution in [-0.4, -0.2) is 10.1 Å². The van der Waals surface area contributed by atoms with E-state index in [0.29, 0.717) is 5.92 Å². The molecule has 1 atom stereocenters. The highest BCUT2D eigenvalue weighted by atomic mass is 32.1. The molecule has 2 rings (SSSR count). The second-order valence-corrected chi connectivity index (χ2v) is 5.03. The average Bonchev–Trinajstić information content (AvgIpc) is 2.27. The summed E-state index contributed by atoms with van der Waals surface area (Å²) in [6.07, 6.45) is 3.50. The van der Waals surface area contributed by atoms with E-state index in [-0.39, 0.29) is 0 Å². The normalized spacial score (nSPS) is 19.9. The minimum absolute atomic E-state index is 0.412. The number of aliphatic hydroxyl groups is 1. The minimum atomic E-state index is -0.412. The van der Waals surface area contributed by atoms with Gasteiger partial charge in [-0.2, -0.15) is 0 Å². The summed E-state index contributed by atoms with van der Waals surface area (Å²) < 4.78 is 0. The molecular weight excluding hydrogens is 182 g/mol. The lowest BCUT2D eigenvalue weighted by Gasteiger charge is -2.22. The van der Waals surface area contributed by atoms with E-state index in [9.17, 15) is 5.11 Å². The monoisotopic (exact) mass is 197 g/mol. The fourth-order valence-corrected chi connectivity index (χ4v) is 2.83. The number of aliphatic hydroxyl groups excluding tert-OH is 1. The van der Waals surface area contributed by atoms with Crippen molar-refractivity contribution in [1.29, 1.82) is 0 Å². The zero-order valence-electron chi connectivity index (χ0n) is 8.08. The van der Waals surface area contributed by atoms with E-state index in [0.717, 1.165) is 5.69 Å². The number of thiazole rings is 1. The van der Waals surface area contributed by atoms with Crippen LogP contribution in [0, 0.1) is 6.92 Å². The van der Waals surface area contributed by atoms with Crippen LogP contribution in [0.2, 0.25) is 0 Å². The maximum atomic E-state index is 9.43. The number of rotatable bonds is 2. The molecule has 0 aromatic carbocycles. The molecule has 0 amide bonds. The van der Waals surface area contributed by atoms with E-state index in [1.165, 1.54) is 29.1 Å². The molecule has 1 aromatic rings. The molecule has 0 spiro atoms. The second-order valence-electron chi connectivity index (χ2n) is 3.80. The molecule has 72 valence electrons. The van der Waals surface area contributed by atoms with Gasteiger partial charge in [-0.05, 0) is 26.7 Å². The number of nitrogens with zero attached hydrogens (tertiary/aromatic N) is 1. The Morgan fingerprint density at radius 1 is 1.54 bits per heavy atom. The lowest BCUT2D eigenvalue weighted by molar-refractivity contribution is 0.194. The van der Waals surface area contributed by atoms with Crippen LogP contribution in [-0.2, 0) is 0 Å². The predicted octanol–water partition coefficient (Wildman–Crippen LogP) is 2.77. The van der Waals surface area contributed by atoms with Crippen LogP contribution in [0.3, 0.4) is 0 Å². The van der Waals surface area contributed by atoms with E-state index in [4.69, 9.17) is 0 Å². The van der Waals surface area contributed by atoms with Crippen molar-refractivity contribution in [2.45, 2.75) is 45.1 Å². The lowest BCUT2D eigenvalue weighted by Crippen LogP contribution is -2.08. The van der Waals surface area contributed by atoms with Crippen molar-refractivity contribution < 1.29 is 5.11 Å². The summed E-state index contributed by atoms with van der Waals surface area (Å²) in [5.74, 6) is 0.691. The number of hydrogen-bond acceptors (Lipinski definition) is 3. The molecule has 3 heteroatoms. The smallest absolute Gasteiger partial charge is 0.0963 e. The zero-order chi connectivity index (χ0) is 9.42. The van der Waals surface area contributed by atoms with Crippen molar-refractivity contribution >= 4 is 11.3 Å². The molecule has 13 heavy (non-hydrogen) atoms. The van der Waals surface area contributed by atoms with Gasteiger partial charge >= 0.3 is 0 Å². The van der Waals surface area contributed by atoms with Crippen molar-refractivity contribution in [2.75, 3.05) is 0 Å². The SMILES string of the molecule is Cc1sc(C2CCC2)nc1C(C)O. The van der Waals surface area contributed by atoms with Crippen LogP contribution in [0.1, 0.15) is 53.8 Å². The molecule has 1 N–H and O–H groups in total. The summed E-state index contributed by atoms with van der Waals surface area (Å²) in [5, 5.41) is 10.7. The lowest BCUT2D eigenvalue weighted by atomic mass is 9.86. The number of aromatic nitrogens is 1. The van der Waals surface area contributed by atoms with Crippen LogP contribution in [0.15, 0.2) is 0 Å². The Morgan fingerprint density at radius 2 is 2.23 bits per heavy atom. The Kier molecular flexibility index (Phi) is 2.39. The third-order valence-corrected chi connectivity index (χ3v) is 3.85. The maximum Gasteiger partial charge on any atom is 0.0963 e. The van der Waals surface area contributed by atoms with Crippen LogP contribution in [0.25, 0.3) is 0 Å². The first-order chi connectivity index (χ1) is 6.18. The van der Waals surface area contributed by atoms with Gasteiger partial charge in [0.15, 0.2) is 0 Å². The largest absolute Gasteiger partial charge is 0.387 e. The summed E-state index contributed by atoms with van der Waals surface area (Å²) in [6.45, 7) is 3.83. The van der Waals surface area contributed by atoms with Crippen LogP contribution in [0.4, 0.5) is 0 Å². The fourth-order valence-electron chi connectivity index (χ4n) is 1.65. The van der Waals surface area contributed by atoms with E-state index >= 15 is 0 Å². The molecule has 0 bridgehead atoms. The molecule has 0 saturated heterocycles. The van der Waals surface area contributed by atoms with Crippen molar-refractivity contribution in [2.24, 2.45) is 0 Å². The summed E-state index contributed by atoms with van der Waals surface area (Å²) in [4.78, 5) is 5.68. The first kappa shape index (κ1) is 9.16. The molecule has 0 radical (unpaired) electrons. The maximum absolute atomic E-state index is 9.43. The van der Waals surface area contributed by atoms with Crippen molar-refractivity contribution in [3.05, 3.63) is 15.6 Å². The summed E-state index contributed by atoms with van der Waals surface area (Å²) in [6, 6.07) is 0. The third kappa shape index (κ3) is 1.63. The molecule has 1 unspecified atom stereocenters. The quantitative estimate of drug-likeness (QED) is 0.790. The van der Waals surface area contributed by atoms with Crippen LogP contribution < -0.4 is 0 Å². The van der Waals surface area contributed by atoms with Crippen molar-refractivity contribution in [3.8, 4) is 0 Å². The number of hydrogen-bond donors (Lipinski definition) is 1. The van der Waals surface area contributed by atoms with Gasteiger partial charge in [-0.1, -0.05) is 6.42 Å². The van der Waals surface area contributed by atoms with Crippen molar-refractivity contribution in [1.82, 2.24) is 4.98 Å². The Bertz CT molecular complexity index is 302. The fraction of sp³-hybridized carbons (Fsp3) is 0.700. The summed E-state index contributed by atoms with van der Waals surface area (Å²) in [7, 11) is 0. The molecule has 0 aliphatic heterocycles. The average molecular weight is 197 g/mol. The second kappa shape index (κ2) is 3.39.